The number of ether oxygens (including phenoxy) is 2. The van der Waals surface area contributed by atoms with E-state index in [2.05, 4.69) is 31.2 Å². The molecule has 0 saturated heterocycles. The van der Waals surface area contributed by atoms with Gasteiger partial charge < -0.3 is 14.0 Å². The fourth-order valence-electron chi connectivity index (χ4n) is 2.24. The van der Waals surface area contributed by atoms with Crippen molar-refractivity contribution in [2.24, 2.45) is 0 Å². The standard InChI is InChI=1S/C19H25O3P/c1-4-13-22-23(14-16-5-9-18(20-2)10-6-16)15-17-7-11-19(21-3)12-8-17/h5-12H,4,13-15H2,1-3H3. The Balaban J connectivity index is 2.02. The Hall–Kier alpha value is -1.57. The summed E-state index contributed by atoms with van der Waals surface area (Å²) in [6.45, 7) is 2.96. The molecule has 0 unspecified atom stereocenters. The molecule has 2 aromatic rings. The lowest BCUT2D eigenvalue weighted by atomic mass is 10.2. The van der Waals surface area contributed by atoms with Gasteiger partial charge in [0.25, 0.3) is 0 Å². The lowest BCUT2D eigenvalue weighted by Gasteiger charge is -2.18. The van der Waals surface area contributed by atoms with Gasteiger partial charge >= 0.3 is 0 Å². The normalized spacial score (nSPS) is 10.8. The summed E-state index contributed by atoms with van der Waals surface area (Å²) in [7, 11) is 2.85. The van der Waals surface area contributed by atoms with Crippen LogP contribution in [0, 0.1) is 0 Å². The molecule has 0 amide bonds. The molecule has 0 aliphatic carbocycles. The van der Waals surface area contributed by atoms with Crippen LogP contribution in [0.4, 0.5) is 0 Å². The van der Waals surface area contributed by atoms with E-state index in [1.54, 1.807) is 14.2 Å². The number of benzene rings is 2. The molecule has 0 atom stereocenters. The van der Waals surface area contributed by atoms with Gasteiger partial charge in [0.1, 0.15) is 11.5 Å². The first-order valence-electron chi connectivity index (χ1n) is 7.89. The lowest BCUT2D eigenvalue weighted by Crippen LogP contribution is -1.95. The summed E-state index contributed by atoms with van der Waals surface area (Å²) in [5, 5.41) is 0. The zero-order valence-electron chi connectivity index (χ0n) is 14.1. The molecule has 2 rings (SSSR count). The summed E-state index contributed by atoms with van der Waals surface area (Å²) in [5.74, 6) is 1.78. The van der Waals surface area contributed by atoms with Crippen LogP contribution < -0.4 is 9.47 Å². The van der Waals surface area contributed by atoms with E-state index < -0.39 is 8.15 Å². The van der Waals surface area contributed by atoms with Gasteiger partial charge in [-0.05, 0) is 41.8 Å². The summed E-state index contributed by atoms with van der Waals surface area (Å²) >= 11 is 0. The highest BCUT2D eigenvalue weighted by Crippen LogP contribution is 2.44. The Morgan fingerprint density at radius 3 is 1.52 bits per heavy atom. The van der Waals surface area contributed by atoms with Gasteiger partial charge in [-0.2, -0.15) is 0 Å². The summed E-state index contributed by atoms with van der Waals surface area (Å²) in [6.07, 6.45) is 2.97. The molecule has 0 aromatic heterocycles. The predicted molar refractivity (Wildman–Crippen MR) is 96.6 cm³/mol. The maximum atomic E-state index is 6.11. The topological polar surface area (TPSA) is 27.7 Å². The van der Waals surface area contributed by atoms with Crippen molar-refractivity contribution in [3.8, 4) is 11.5 Å². The Labute approximate surface area is 140 Å². The van der Waals surface area contributed by atoms with E-state index >= 15 is 0 Å². The third-order valence-electron chi connectivity index (χ3n) is 3.51. The molecule has 0 heterocycles. The van der Waals surface area contributed by atoms with Crippen LogP contribution in [-0.4, -0.2) is 20.8 Å². The van der Waals surface area contributed by atoms with Crippen molar-refractivity contribution >= 4 is 8.15 Å². The Morgan fingerprint density at radius 2 is 1.17 bits per heavy atom. The average Bonchev–Trinajstić information content (AvgIpc) is 2.61. The maximum absolute atomic E-state index is 6.11. The molecule has 2 aromatic carbocycles. The Bertz CT molecular complexity index is 517. The number of hydrogen-bond acceptors (Lipinski definition) is 3. The lowest BCUT2D eigenvalue weighted by molar-refractivity contribution is 0.350. The largest absolute Gasteiger partial charge is 0.497 e. The third kappa shape index (κ3) is 5.85. The highest BCUT2D eigenvalue weighted by Gasteiger charge is 2.12. The van der Waals surface area contributed by atoms with Crippen LogP contribution in [0.2, 0.25) is 0 Å². The minimum Gasteiger partial charge on any atom is -0.497 e. The SMILES string of the molecule is CCCOP(Cc1ccc(OC)cc1)Cc1ccc(OC)cc1. The van der Waals surface area contributed by atoms with Crippen LogP contribution in [0.15, 0.2) is 48.5 Å². The fourth-order valence-corrected chi connectivity index (χ4v) is 4.21. The summed E-state index contributed by atoms with van der Waals surface area (Å²) in [5.41, 5.74) is 2.59. The first-order chi connectivity index (χ1) is 11.2. The molecule has 0 fully saturated rings. The number of hydrogen-bond donors (Lipinski definition) is 0. The van der Waals surface area contributed by atoms with E-state index in [1.807, 2.05) is 24.3 Å². The van der Waals surface area contributed by atoms with E-state index in [4.69, 9.17) is 14.0 Å². The third-order valence-corrected chi connectivity index (χ3v) is 5.50. The van der Waals surface area contributed by atoms with Gasteiger partial charge in [0.05, 0.1) is 20.8 Å². The van der Waals surface area contributed by atoms with Crippen molar-refractivity contribution in [1.82, 2.24) is 0 Å². The number of methoxy groups -OCH3 is 2. The second kappa shape index (κ2) is 9.54. The molecule has 0 saturated carbocycles. The molecule has 0 bridgehead atoms. The Kier molecular flexibility index (Phi) is 7.38. The minimum absolute atomic E-state index is 0.529. The monoisotopic (exact) mass is 332 g/mol. The van der Waals surface area contributed by atoms with Gasteiger partial charge in [-0.1, -0.05) is 31.2 Å². The van der Waals surface area contributed by atoms with Crippen molar-refractivity contribution in [1.29, 1.82) is 0 Å². The van der Waals surface area contributed by atoms with Gasteiger partial charge in [0, 0.05) is 20.5 Å². The summed E-state index contributed by atoms with van der Waals surface area (Å²) in [4.78, 5) is 0. The van der Waals surface area contributed by atoms with Crippen LogP contribution in [0.5, 0.6) is 11.5 Å². The predicted octanol–water partition coefficient (Wildman–Crippen LogP) is 5.23. The molecule has 0 aliphatic heterocycles. The van der Waals surface area contributed by atoms with E-state index in [1.165, 1.54) is 11.1 Å². The van der Waals surface area contributed by atoms with Crippen molar-refractivity contribution in [3.63, 3.8) is 0 Å². The van der Waals surface area contributed by atoms with E-state index in [9.17, 15) is 0 Å². The van der Waals surface area contributed by atoms with E-state index in [0.717, 1.165) is 36.9 Å². The number of rotatable bonds is 9. The molecule has 23 heavy (non-hydrogen) atoms. The molecule has 0 N–H and O–H groups in total. The molecule has 0 spiro atoms. The van der Waals surface area contributed by atoms with Crippen LogP contribution in [0.1, 0.15) is 24.5 Å². The highest BCUT2D eigenvalue weighted by molar-refractivity contribution is 7.50. The highest BCUT2D eigenvalue weighted by atomic mass is 31.1. The van der Waals surface area contributed by atoms with Crippen LogP contribution in [0.25, 0.3) is 0 Å². The van der Waals surface area contributed by atoms with Gasteiger partial charge in [-0.25, -0.2) is 0 Å². The zero-order chi connectivity index (χ0) is 16.5. The summed E-state index contributed by atoms with van der Waals surface area (Å²) in [6, 6.07) is 16.5. The minimum atomic E-state index is -0.529. The molecular formula is C19H25O3P. The first-order valence-corrected chi connectivity index (χ1v) is 9.52. The van der Waals surface area contributed by atoms with Crippen LogP contribution in [-0.2, 0) is 16.8 Å². The van der Waals surface area contributed by atoms with E-state index in [-0.39, 0.29) is 0 Å². The zero-order valence-corrected chi connectivity index (χ0v) is 15.0. The molecular weight excluding hydrogens is 307 g/mol. The van der Waals surface area contributed by atoms with Crippen molar-refractivity contribution < 1.29 is 14.0 Å². The van der Waals surface area contributed by atoms with Crippen LogP contribution in [0.3, 0.4) is 0 Å². The second-order valence-electron chi connectivity index (χ2n) is 5.33. The van der Waals surface area contributed by atoms with Gasteiger partial charge in [0.2, 0.25) is 0 Å². The van der Waals surface area contributed by atoms with E-state index in [0.29, 0.717) is 0 Å². The van der Waals surface area contributed by atoms with Crippen LogP contribution >= 0.6 is 8.15 Å². The Morgan fingerprint density at radius 1 is 0.739 bits per heavy atom. The average molecular weight is 332 g/mol. The molecule has 0 aliphatic rings. The van der Waals surface area contributed by atoms with Gasteiger partial charge in [-0.3, -0.25) is 0 Å². The van der Waals surface area contributed by atoms with Gasteiger partial charge in [-0.15, -0.1) is 0 Å². The summed E-state index contributed by atoms with van der Waals surface area (Å²) < 4.78 is 16.6. The van der Waals surface area contributed by atoms with Crippen molar-refractivity contribution in [2.45, 2.75) is 25.7 Å². The molecule has 4 heteroatoms. The quantitative estimate of drug-likeness (QED) is 0.589. The smallest absolute Gasteiger partial charge is 0.118 e. The first kappa shape index (κ1) is 17.8. The van der Waals surface area contributed by atoms with Gasteiger partial charge in [0.15, 0.2) is 0 Å². The maximum Gasteiger partial charge on any atom is 0.118 e. The second-order valence-corrected chi connectivity index (χ2v) is 7.18. The molecule has 0 radical (unpaired) electrons. The van der Waals surface area contributed by atoms with Crippen molar-refractivity contribution in [3.05, 3.63) is 59.7 Å². The molecule has 3 nitrogen and oxygen atoms in total. The molecule has 124 valence electrons. The van der Waals surface area contributed by atoms with Crippen molar-refractivity contribution in [2.75, 3.05) is 20.8 Å². The fraction of sp³-hybridized carbons (Fsp3) is 0.368.